The number of amides is 2. The maximum Gasteiger partial charge on any atom is 0.237 e. The second-order valence-electron chi connectivity index (χ2n) is 8.83. The van der Waals surface area contributed by atoms with Crippen LogP contribution in [-0.4, -0.2) is 17.9 Å². The van der Waals surface area contributed by atoms with Crippen molar-refractivity contribution < 1.29 is 9.59 Å². The first kappa shape index (κ1) is 22.7. The molecule has 156 valence electrons. The zero-order chi connectivity index (χ0) is 21.1. The van der Waals surface area contributed by atoms with E-state index < -0.39 is 17.5 Å². The highest BCUT2D eigenvalue weighted by molar-refractivity contribution is 6.31. The van der Waals surface area contributed by atoms with Crippen LogP contribution in [0.5, 0.6) is 0 Å². The van der Waals surface area contributed by atoms with Gasteiger partial charge in [0.15, 0.2) is 0 Å². The molecular weight excluding hydrogens is 374 g/mol. The highest BCUT2D eigenvalue weighted by atomic mass is 35.5. The smallest absolute Gasteiger partial charge is 0.237 e. The minimum Gasteiger partial charge on any atom is -0.369 e. The number of primary amides is 1. The summed E-state index contributed by atoms with van der Waals surface area (Å²) in [5.41, 5.74) is 11.9. The maximum atomic E-state index is 12.9. The van der Waals surface area contributed by atoms with E-state index in [1.54, 1.807) is 13.0 Å². The number of nitrogens with one attached hydrogen (secondary N) is 1. The largest absolute Gasteiger partial charge is 0.369 e. The van der Waals surface area contributed by atoms with Gasteiger partial charge in [-0.1, -0.05) is 57.0 Å². The number of carbonyl (C=O) groups excluding carboxylic acids is 2. The number of benzene rings is 1. The van der Waals surface area contributed by atoms with Gasteiger partial charge in [-0.3, -0.25) is 9.59 Å². The summed E-state index contributed by atoms with van der Waals surface area (Å²) in [6.07, 6.45) is 3.19. The van der Waals surface area contributed by atoms with Gasteiger partial charge in [0.25, 0.3) is 0 Å². The van der Waals surface area contributed by atoms with Crippen LogP contribution in [0.4, 0.5) is 0 Å². The lowest BCUT2D eigenvalue weighted by Gasteiger charge is -2.48. The van der Waals surface area contributed by atoms with E-state index in [4.69, 9.17) is 23.1 Å². The van der Waals surface area contributed by atoms with Crippen molar-refractivity contribution in [3.63, 3.8) is 0 Å². The maximum absolute atomic E-state index is 12.9. The molecule has 1 aliphatic rings. The van der Waals surface area contributed by atoms with Crippen LogP contribution in [0.3, 0.4) is 0 Å². The van der Waals surface area contributed by atoms with Gasteiger partial charge >= 0.3 is 0 Å². The number of hydrogen-bond donors (Lipinski definition) is 3. The lowest BCUT2D eigenvalue weighted by molar-refractivity contribution is -0.138. The van der Waals surface area contributed by atoms with E-state index in [0.717, 1.165) is 24.8 Å². The van der Waals surface area contributed by atoms with Crippen molar-refractivity contribution >= 4 is 23.4 Å². The molecule has 5 nitrogen and oxygen atoms in total. The van der Waals surface area contributed by atoms with Crippen LogP contribution in [0.25, 0.3) is 0 Å². The fourth-order valence-electron chi connectivity index (χ4n) is 4.87. The highest BCUT2D eigenvalue weighted by Gasteiger charge is 2.50. The van der Waals surface area contributed by atoms with E-state index >= 15 is 0 Å². The first-order chi connectivity index (χ1) is 13.1. The predicted octanol–water partition coefficient (Wildman–Crippen LogP) is 3.80. The molecule has 0 bridgehead atoms. The second-order valence-corrected chi connectivity index (χ2v) is 9.24. The molecule has 1 saturated carbocycles. The number of rotatable bonds is 7. The lowest BCUT2D eigenvalue weighted by atomic mass is 9.57. The van der Waals surface area contributed by atoms with E-state index in [1.165, 1.54) is 0 Å². The molecule has 5 atom stereocenters. The summed E-state index contributed by atoms with van der Waals surface area (Å²) in [5, 5.41) is 3.58. The van der Waals surface area contributed by atoms with Crippen molar-refractivity contribution in [2.45, 2.75) is 65.5 Å². The molecule has 1 fully saturated rings. The van der Waals surface area contributed by atoms with Crippen LogP contribution in [0.1, 0.15) is 65.0 Å². The monoisotopic (exact) mass is 407 g/mol. The third-order valence-electron chi connectivity index (χ3n) is 6.27. The standard InChI is InChI=1S/C22H34ClN3O2/c1-13(2)17-10-9-14(3)11-22(17,21(25)28)12-19(26-20(27)15(4)24)16-7-5-6-8-18(16)23/h5-8,13-15,17,19H,9-12,24H2,1-4H3,(H2,25,28)(H,26,27)/t14?,15-,17?,19-,22?/m0/s1. The molecule has 2 rings (SSSR count). The third-order valence-corrected chi connectivity index (χ3v) is 6.61. The second kappa shape index (κ2) is 9.27. The van der Waals surface area contributed by atoms with Gasteiger partial charge in [0.2, 0.25) is 11.8 Å². The van der Waals surface area contributed by atoms with Crippen LogP contribution in [0, 0.1) is 23.2 Å². The summed E-state index contributed by atoms with van der Waals surface area (Å²) < 4.78 is 0. The minimum absolute atomic E-state index is 0.165. The Morgan fingerprint density at radius 1 is 1.25 bits per heavy atom. The average Bonchev–Trinajstić information content (AvgIpc) is 2.61. The van der Waals surface area contributed by atoms with Gasteiger partial charge in [0, 0.05) is 5.02 Å². The Balaban J connectivity index is 2.49. The molecular formula is C22H34ClN3O2. The van der Waals surface area contributed by atoms with Gasteiger partial charge in [-0.25, -0.2) is 0 Å². The summed E-state index contributed by atoms with van der Waals surface area (Å²) in [6, 6.07) is 6.33. The molecule has 0 spiro atoms. The van der Waals surface area contributed by atoms with Crippen LogP contribution in [0.2, 0.25) is 5.02 Å². The molecule has 28 heavy (non-hydrogen) atoms. The van der Waals surface area contributed by atoms with E-state index in [2.05, 4.69) is 26.1 Å². The van der Waals surface area contributed by atoms with Crippen LogP contribution >= 0.6 is 11.6 Å². The van der Waals surface area contributed by atoms with Crippen LogP contribution < -0.4 is 16.8 Å². The van der Waals surface area contributed by atoms with E-state index in [0.29, 0.717) is 23.3 Å². The highest BCUT2D eigenvalue weighted by Crippen LogP contribution is 2.52. The Labute approximate surface area is 173 Å². The Morgan fingerprint density at radius 3 is 2.43 bits per heavy atom. The summed E-state index contributed by atoms with van der Waals surface area (Å²) in [7, 11) is 0. The van der Waals surface area contributed by atoms with Crippen molar-refractivity contribution in [3.05, 3.63) is 34.9 Å². The molecule has 2 amide bonds. The van der Waals surface area contributed by atoms with E-state index in [9.17, 15) is 9.59 Å². The quantitative estimate of drug-likeness (QED) is 0.641. The molecule has 0 aliphatic heterocycles. The fourth-order valence-corrected chi connectivity index (χ4v) is 5.14. The van der Waals surface area contributed by atoms with Gasteiger partial charge in [-0.05, 0) is 55.6 Å². The van der Waals surface area contributed by atoms with Crippen molar-refractivity contribution in [3.8, 4) is 0 Å². The summed E-state index contributed by atoms with van der Waals surface area (Å²) in [6.45, 7) is 8.09. The Morgan fingerprint density at radius 2 is 1.89 bits per heavy atom. The van der Waals surface area contributed by atoms with Gasteiger partial charge in [-0.2, -0.15) is 0 Å². The molecule has 5 N–H and O–H groups in total. The van der Waals surface area contributed by atoms with Crippen LogP contribution in [-0.2, 0) is 9.59 Å². The number of hydrogen-bond acceptors (Lipinski definition) is 3. The van der Waals surface area contributed by atoms with Gasteiger partial charge in [-0.15, -0.1) is 0 Å². The summed E-state index contributed by atoms with van der Waals surface area (Å²) >= 11 is 6.45. The van der Waals surface area contributed by atoms with Gasteiger partial charge in [0.05, 0.1) is 17.5 Å². The first-order valence-corrected chi connectivity index (χ1v) is 10.6. The van der Waals surface area contributed by atoms with E-state index in [-0.39, 0.29) is 17.7 Å². The lowest BCUT2D eigenvalue weighted by Crippen LogP contribution is -2.51. The van der Waals surface area contributed by atoms with Crippen molar-refractivity contribution in [1.29, 1.82) is 0 Å². The molecule has 0 radical (unpaired) electrons. The molecule has 1 aliphatic carbocycles. The molecule has 0 aromatic heterocycles. The molecule has 1 aromatic carbocycles. The molecule has 6 heteroatoms. The Hall–Kier alpha value is -1.59. The topological polar surface area (TPSA) is 98.2 Å². The Kier molecular flexibility index (Phi) is 7.52. The molecule has 3 unspecified atom stereocenters. The predicted molar refractivity (Wildman–Crippen MR) is 114 cm³/mol. The van der Waals surface area contributed by atoms with Crippen molar-refractivity contribution in [2.24, 2.45) is 34.6 Å². The van der Waals surface area contributed by atoms with Crippen LogP contribution in [0.15, 0.2) is 24.3 Å². The number of halogens is 1. The van der Waals surface area contributed by atoms with Crippen molar-refractivity contribution in [1.82, 2.24) is 5.32 Å². The first-order valence-electron chi connectivity index (χ1n) is 10.2. The molecule has 0 heterocycles. The molecule has 0 saturated heterocycles. The zero-order valence-corrected chi connectivity index (χ0v) is 18.1. The van der Waals surface area contributed by atoms with Crippen molar-refractivity contribution in [2.75, 3.05) is 0 Å². The zero-order valence-electron chi connectivity index (χ0n) is 17.4. The molecule has 1 aromatic rings. The summed E-state index contributed by atoms with van der Waals surface area (Å²) in [5.74, 6) is 0.326. The SMILES string of the molecule is CC1CCC(C(C)C)C(C[C@H](NC(=O)[C@H](C)N)c2ccccc2Cl)(C(N)=O)C1. The Bertz CT molecular complexity index is 707. The number of nitrogens with two attached hydrogens (primary N) is 2. The van der Waals surface area contributed by atoms with Gasteiger partial charge in [0.1, 0.15) is 0 Å². The summed E-state index contributed by atoms with van der Waals surface area (Å²) in [4.78, 5) is 25.3. The minimum atomic E-state index is -0.694. The number of carbonyl (C=O) groups is 2. The van der Waals surface area contributed by atoms with E-state index in [1.807, 2.05) is 18.2 Å². The van der Waals surface area contributed by atoms with Gasteiger partial charge < -0.3 is 16.8 Å². The fraction of sp³-hybridized carbons (Fsp3) is 0.636. The normalized spacial score (nSPS) is 27.2. The third kappa shape index (κ3) is 4.87. The average molecular weight is 408 g/mol.